The van der Waals surface area contributed by atoms with E-state index in [1.54, 1.807) is 0 Å². The normalized spacial score (nSPS) is 27.5. The molecule has 1 aliphatic heterocycles. The van der Waals surface area contributed by atoms with E-state index in [1.807, 2.05) is 29.2 Å². The maximum Gasteiger partial charge on any atom is 0.226 e. The summed E-state index contributed by atoms with van der Waals surface area (Å²) < 4.78 is 0. The van der Waals surface area contributed by atoms with Gasteiger partial charge in [0.2, 0.25) is 11.8 Å². The summed E-state index contributed by atoms with van der Waals surface area (Å²) >= 11 is 6.23. The van der Waals surface area contributed by atoms with Crippen molar-refractivity contribution in [3.05, 3.63) is 34.9 Å². The number of carbonyl (C=O) groups excluding carboxylic acids is 2. The van der Waals surface area contributed by atoms with Crippen molar-refractivity contribution in [1.29, 1.82) is 0 Å². The fraction of sp³-hybridized carbons (Fsp3) is 0.529. The van der Waals surface area contributed by atoms with Crippen LogP contribution >= 0.6 is 11.6 Å². The van der Waals surface area contributed by atoms with Gasteiger partial charge in [-0.25, -0.2) is 0 Å². The van der Waals surface area contributed by atoms with Gasteiger partial charge in [-0.3, -0.25) is 9.59 Å². The molecule has 0 unspecified atom stereocenters. The van der Waals surface area contributed by atoms with Crippen LogP contribution in [0.1, 0.15) is 43.6 Å². The molecule has 0 aromatic heterocycles. The van der Waals surface area contributed by atoms with Gasteiger partial charge in [-0.05, 0) is 43.2 Å². The Morgan fingerprint density at radius 3 is 2.77 bits per heavy atom. The Hall–Kier alpha value is -1.55. The van der Waals surface area contributed by atoms with E-state index in [0.717, 1.165) is 42.8 Å². The number of benzene rings is 1. The third kappa shape index (κ3) is 3.12. The summed E-state index contributed by atoms with van der Waals surface area (Å²) in [6, 6.07) is 7.70. The summed E-state index contributed by atoms with van der Waals surface area (Å²) in [5.41, 5.74) is 6.38. The average molecular weight is 321 g/mol. The lowest BCUT2D eigenvalue weighted by atomic mass is 9.98. The minimum Gasteiger partial charge on any atom is -0.370 e. The summed E-state index contributed by atoms with van der Waals surface area (Å²) in [7, 11) is 0. The molecule has 3 atom stereocenters. The molecule has 1 saturated carbocycles. The summed E-state index contributed by atoms with van der Waals surface area (Å²) in [5, 5.41) is 0.732. The van der Waals surface area contributed by atoms with E-state index in [0.29, 0.717) is 0 Å². The molecule has 1 heterocycles. The number of rotatable bonds is 4. The lowest BCUT2D eigenvalue weighted by molar-refractivity contribution is -0.137. The van der Waals surface area contributed by atoms with Crippen LogP contribution in [0.2, 0.25) is 5.02 Å². The Kier molecular flexibility index (Phi) is 4.39. The van der Waals surface area contributed by atoms with Gasteiger partial charge >= 0.3 is 0 Å². The van der Waals surface area contributed by atoms with E-state index in [2.05, 4.69) is 0 Å². The standard InChI is InChI=1S/C17H21ClN2O2/c18-15-7-2-1-6-12(15)13-10-14(13)17(22)20-8-4-3-5-11(20)9-16(19)21/h1-2,6-7,11,13-14H,3-5,8-10H2,(H2,19,21)/t11-,13+,14+/m0/s1. The van der Waals surface area contributed by atoms with Crippen molar-refractivity contribution in [3.8, 4) is 0 Å². The Bertz CT molecular complexity index is 590. The number of primary amides is 1. The zero-order valence-electron chi connectivity index (χ0n) is 12.5. The lowest BCUT2D eigenvalue weighted by Crippen LogP contribution is -2.46. The second-order valence-corrected chi connectivity index (χ2v) is 6.73. The molecule has 1 aromatic carbocycles. The molecular weight excluding hydrogens is 300 g/mol. The number of carbonyl (C=O) groups is 2. The van der Waals surface area contributed by atoms with Gasteiger partial charge in [-0.2, -0.15) is 0 Å². The van der Waals surface area contributed by atoms with Crippen molar-refractivity contribution in [2.45, 2.75) is 44.1 Å². The van der Waals surface area contributed by atoms with Crippen LogP contribution in [-0.4, -0.2) is 29.3 Å². The maximum atomic E-state index is 12.8. The highest BCUT2D eigenvalue weighted by Crippen LogP contribution is 2.50. The number of likely N-dealkylation sites (tertiary alicyclic amines) is 1. The molecule has 2 N–H and O–H groups in total. The predicted molar refractivity (Wildman–Crippen MR) is 85.5 cm³/mol. The predicted octanol–water partition coefficient (Wildman–Crippen LogP) is 2.70. The highest BCUT2D eigenvalue weighted by atomic mass is 35.5. The first-order valence-electron chi connectivity index (χ1n) is 7.91. The van der Waals surface area contributed by atoms with Crippen LogP contribution in [0.25, 0.3) is 0 Å². The molecule has 2 fully saturated rings. The van der Waals surface area contributed by atoms with Gasteiger partial charge in [0.05, 0.1) is 0 Å². The molecule has 118 valence electrons. The van der Waals surface area contributed by atoms with Gasteiger partial charge in [0.15, 0.2) is 0 Å². The fourth-order valence-electron chi connectivity index (χ4n) is 3.54. The number of piperidine rings is 1. The minimum atomic E-state index is -0.330. The molecule has 22 heavy (non-hydrogen) atoms. The highest BCUT2D eigenvalue weighted by molar-refractivity contribution is 6.31. The van der Waals surface area contributed by atoms with E-state index in [4.69, 9.17) is 17.3 Å². The second-order valence-electron chi connectivity index (χ2n) is 6.32. The number of nitrogens with two attached hydrogens (primary N) is 1. The first-order chi connectivity index (χ1) is 10.6. The molecule has 1 saturated heterocycles. The third-order valence-electron chi connectivity index (χ3n) is 4.76. The minimum absolute atomic E-state index is 0.00776. The number of halogens is 1. The van der Waals surface area contributed by atoms with Crippen molar-refractivity contribution in [2.24, 2.45) is 11.7 Å². The Morgan fingerprint density at radius 1 is 1.27 bits per heavy atom. The van der Waals surface area contributed by atoms with E-state index >= 15 is 0 Å². The molecule has 1 aromatic rings. The van der Waals surface area contributed by atoms with E-state index < -0.39 is 0 Å². The Balaban J connectivity index is 1.69. The largest absolute Gasteiger partial charge is 0.370 e. The highest BCUT2D eigenvalue weighted by Gasteiger charge is 2.47. The van der Waals surface area contributed by atoms with Gasteiger partial charge < -0.3 is 10.6 Å². The molecule has 0 radical (unpaired) electrons. The van der Waals surface area contributed by atoms with Crippen molar-refractivity contribution in [3.63, 3.8) is 0 Å². The number of nitrogens with zero attached hydrogens (tertiary/aromatic N) is 1. The third-order valence-corrected chi connectivity index (χ3v) is 5.10. The maximum absolute atomic E-state index is 12.8. The Morgan fingerprint density at radius 2 is 2.05 bits per heavy atom. The van der Waals surface area contributed by atoms with Crippen LogP contribution in [0.5, 0.6) is 0 Å². The van der Waals surface area contributed by atoms with Crippen molar-refractivity contribution < 1.29 is 9.59 Å². The van der Waals surface area contributed by atoms with Crippen molar-refractivity contribution in [1.82, 2.24) is 4.90 Å². The molecular formula is C17H21ClN2O2. The average Bonchev–Trinajstić information content (AvgIpc) is 3.27. The zero-order chi connectivity index (χ0) is 15.7. The van der Waals surface area contributed by atoms with Gasteiger partial charge in [0.1, 0.15) is 0 Å². The summed E-state index contributed by atoms with van der Waals surface area (Å²) in [4.78, 5) is 25.9. The summed E-state index contributed by atoms with van der Waals surface area (Å²) in [6.45, 7) is 0.739. The quantitative estimate of drug-likeness (QED) is 0.927. The summed E-state index contributed by atoms with van der Waals surface area (Å²) in [6.07, 6.45) is 4.06. The number of hydrogen-bond acceptors (Lipinski definition) is 2. The monoisotopic (exact) mass is 320 g/mol. The SMILES string of the molecule is NC(=O)C[C@@H]1CCCCN1C(=O)[C@@H]1C[C@@H]1c1ccccc1Cl. The molecule has 5 heteroatoms. The van der Waals surface area contributed by atoms with E-state index in [-0.39, 0.29) is 36.1 Å². The first kappa shape index (κ1) is 15.3. The van der Waals surface area contributed by atoms with Gasteiger partial charge in [0.25, 0.3) is 0 Å². The molecule has 0 spiro atoms. The molecule has 2 aliphatic rings. The summed E-state index contributed by atoms with van der Waals surface area (Å²) in [5.74, 6) is 0.0600. The second kappa shape index (κ2) is 6.29. The van der Waals surface area contributed by atoms with Crippen LogP contribution in [0.15, 0.2) is 24.3 Å². The van der Waals surface area contributed by atoms with Gasteiger partial charge in [-0.15, -0.1) is 0 Å². The molecule has 0 bridgehead atoms. The number of amides is 2. The van der Waals surface area contributed by atoms with Crippen LogP contribution in [0.3, 0.4) is 0 Å². The molecule has 2 amide bonds. The van der Waals surface area contributed by atoms with Gasteiger partial charge in [0, 0.05) is 29.9 Å². The molecule has 1 aliphatic carbocycles. The van der Waals surface area contributed by atoms with E-state index in [9.17, 15) is 9.59 Å². The van der Waals surface area contributed by atoms with Crippen LogP contribution in [0, 0.1) is 5.92 Å². The Labute approximate surface area is 135 Å². The fourth-order valence-corrected chi connectivity index (χ4v) is 3.81. The smallest absolute Gasteiger partial charge is 0.226 e. The van der Waals surface area contributed by atoms with Crippen LogP contribution in [0.4, 0.5) is 0 Å². The molecule has 4 nitrogen and oxygen atoms in total. The van der Waals surface area contributed by atoms with Crippen molar-refractivity contribution in [2.75, 3.05) is 6.54 Å². The van der Waals surface area contributed by atoms with Crippen molar-refractivity contribution >= 4 is 23.4 Å². The topological polar surface area (TPSA) is 63.4 Å². The molecule has 3 rings (SSSR count). The van der Waals surface area contributed by atoms with E-state index in [1.165, 1.54) is 0 Å². The number of hydrogen-bond donors (Lipinski definition) is 1. The lowest BCUT2D eigenvalue weighted by Gasteiger charge is -2.35. The zero-order valence-corrected chi connectivity index (χ0v) is 13.3. The van der Waals surface area contributed by atoms with Crippen LogP contribution in [-0.2, 0) is 9.59 Å². The first-order valence-corrected chi connectivity index (χ1v) is 8.29. The van der Waals surface area contributed by atoms with Crippen LogP contribution < -0.4 is 5.73 Å². The van der Waals surface area contributed by atoms with Gasteiger partial charge in [-0.1, -0.05) is 29.8 Å².